The number of aliphatic hydroxyl groups is 1. The SMILES string of the molecule is COc1ccc(S(=O)(=O)N(CCN)[C@H]2CS(=O)(=O)C[C@H]2O)cc1NC(C)=O. The number of rotatable bonds is 7. The Hall–Kier alpha value is -1.73. The maximum atomic E-state index is 13.1. The first-order chi connectivity index (χ1) is 12.5. The number of carbonyl (C=O) groups excluding carboxylic acids is 1. The van der Waals surface area contributed by atoms with Crippen LogP contribution < -0.4 is 15.8 Å². The summed E-state index contributed by atoms with van der Waals surface area (Å²) in [6.07, 6.45) is -1.34. The number of ether oxygens (including phenoxy) is 1. The molecule has 0 radical (unpaired) electrons. The van der Waals surface area contributed by atoms with Crippen molar-refractivity contribution in [2.24, 2.45) is 5.73 Å². The van der Waals surface area contributed by atoms with Gasteiger partial charge in [0.25, 0.3) is 0 Å². The first-order valence-corrected chi connectivity index (χ1v) is 11.3. The van der Waals surface area contributed by atoms with Crippen LogP contribution in [0.3, 0.4) is 0 Å². The number of carbonyl (C=O) groups is 1. The van der Waals surface area contributed by atoms with Gasteiger partial charge < -0.3 is 20.9 Å². The van der Waals surface area contributed by atoms with Gasteiger partial charge >= 0.3 is 0 Å². The Morgan fingerprint density at radius 1 is 1.41 bits per heavy atom. The average molecular weight is 421 g/mol. The summed E-state index contributed by atoms with van der Waals surface area (Å²) in [5, 5.41) is 12.6. The van der Waals surface area contributed by atoms with Crippen LogP contribution in [-0.2, 0) is 24.7 Å². The van der Waals surface area contributed by atoms with Crippen molar-refractivity contribution in [1.29, 1.82) is 0 Å². The second-order valence-corrected chi connectivity index (χ2v) is 10.2. The molecular formula is C15H23N3O7S2. The van der Waals surface area contributed by atoms with E-state index < -0.39 is 49.4 Å². The zero-order chi connectivity index (χ0) is 20.4. The lowest BCUT2D eigenvalue weighted by Crippen LogP contribution is -2.48. The van der Waals surface area contributed by atoms with E-state index in [1.165, 1.54) is 32.2 Å². The molecule has 1 heterocycles. The minimum atomic E-state index is -4.19. The molecule has 0 spiro atoms. The van der Waals surface area contributed by atoms with E-state index in [1.807, 2.05) is 0 Å². The quantitative estimate of drug-likeness (QED) is 0.494. The molecule has 0 unspecified atom stereocenters. The minimum absolute atomic E-state index is 0.0583. The molecule has 1 aliphatic rings. The van der Waals surface area contributed by atoms with Crippen molar-refractivity contribution in [1.82, 2.24) is 4.31 Å². The molecule has 152 valence electrons. The molecule has 1 aliphatic heterocycles. The number of nitrogens with one attached hydrogen (secondary N) is 1. The van der Waals surface area contributed by atoms with E-state index in [0.29, 0.717) is 0 Å². The first kappa shape index (κ1) is 21.6. The number of hydrogen-bond donors (Lipinski definition) is 3. The predicted molar refractivity (Wildman–Crippen MR) is 98.7 cm³/mol. The first-order valence-electron chi connectivity index (χ1n) is 8.08. The Bertz CT molecular complexity index is 915. The molecule has 27 heavy (non-hydrogen) atoms. The fraction of sp³-hybridized carbons (Fsp3) is 0.533. The fourth-order valence-corrected chi connectivity index (χ4v) is 6.54. The predicted octanol–water partition coefficient (Wildman–Crippen LogP) is -1.24. The summed E-state index contributed by atoms with van der Waals surface area (Å²) < 4.78 is 55.8. The van der Waals surface area contributed by atoms with Crippen molar-refractivity contribution >= 4 is 31.5 Å². The highest BCUT2D eigenvalue weighted by atomic mass is 32.2. The molecule has 1 aromatic rings. The highest BCUT2D eigenvalue weighted by Crippen LogP contribution is 2.31. The summed E-state index contributed by atoms with van der Waals surface area (Å²) >= 11 is 0. The summed E-state index contributed by atoms with van der Waals surface area (Å²) in [6.45, 7) is 1.04. The monoisotopic (exact) mass is 421 g/mol. The molecule has 0 aliphatic carbocycles. The largest absolute Gasteiger partial charge is 0.495 e. The van der Waals surface area contributed by atoms with Gasteiger partial charge in [-0.1, -0.05) is 0 Å². The normalized spacial score (nSPS) is 22.0. The van der Waals surface area contributed by atoms with Crippen LogP contribution in [0.4, 0.5) is 5.69 Å². The Balaban J connectivity index is 2.49. The Morgan fingerprint density at radius 3 is 2.56 bits per heavy atom. The molecule has 10 nitrogen and oxygen atoms in total. The lowest BCUT2D eigenvalue weighted by atomic mass is 10.2. The van der Waals surface area contributed by atoms with Crippen LogP contribution in [0.2, 0.25) is 0 Å². The van der Waals surface area contributed by atoms with Gasteiger partial charge in [-0.05, 0) is 18.2 Å². The molecule has 1 fully saturated rings. The van der Waals surface area contributed by atoms with E-state index in [9.17, 15) is 26.7 Å². The molecule has 1 amide bonds. The van der Waals surface area contributed by atoms with Crippen LogP contribution >= 0.6 is 0 Å². The number of benzene rings is 1. The van der Waals surface area contributed by atoms with Gasteiger partial charge in [-0.25, -0.2) is 16.8 Å². The summed E-state index contributed by atoms with van der Waals surface area (Å²) in [7, 11) is -6.38. The molecule has 2 atom stereocenters. The minimum Gasteiger partial charge on any atom is -0.495 e. The number of aliphatic hydroxyl groups excluding tert-OH is 1. The maximum absolute atomic E-state index is 13.1. The van der Waals surface area contributed by atoms with Gasteiger partial charge in [-0.2, -0.15) is 4.31 Å². The second-order valence-electron chi connectivity index (χ2n) is 6.16. The highest BCUT2D eigenvalue weighted by molar-refractivity contribution is 7.92. The molecule has 2 rings (SSSR count). The zero-order valence-electron chi connectivity index (χ0n) is 15.0. The van der Waals surface area contributed by atoms with Crippen molar-refractivity contribution in [3.05, 3.63) is 18.2 Å². The topological polar surface area (TPSA) is 156 Å². The van der Waals surface area contributed by atoms with Crippen LogP contribution in [0.25, 0.3) is 0 Å². The third-order valence-electron chi connectivity index (χ3n) is 4.10. The van der Waals surface area contributed by atoms with Crippen LogP contribution in [0, 0.1) is 0 Å². The van der Waals surface area contributed by atoms with E-state index in [-0.39, 0.29) is 29.4 Å². The van der Waals surface area contributed by atoms with Gasteiger partial charge in [0, 0.05) is 20.0 Å². The van der Waals surface area contributed by atoms with E-state index in [0.717, 1.165) is 4.31 Å². The number of sulfone groups is 1. The smallest absolute Gasteiger partial charge is 0.243 e. The Morgan fingerprint density at radius 2 is 2.07 bits per heavy atom. The number of hydrogen-bond acceptors (Lipinski definition) is 8. The molecule has 0 saturated carbocycles. The van der Waals surface area contributed by atoms with E-state index in [4.69, 9.17) is 10.5 Å². The molecule has 0 aromatic heterocycles. The maximum Gasteiger partial charge on any atom is 0.243 e. The van der Waals surface area contributed by atoms with Gasteiger partial charge in [-0.3, -0.25) is 4.79 Å². The standard InChI is InChI=1S/C15H23N3O7S2/c1-10(19)17-12-7-11(3-4-15(12)25-2)27(23,24)18(6-5-16)13-8-26(21,22)9-14(13)20/h3-4,7,13-14,20H,5-6,8-9,16H2,1-2H3,(H,17,19)/t13-,14+/m0/s1. The Kier molecular flexibility index (Phi) is 6.47. The molecule has 0 bridgehead atoms. The number of methoxy groups -OCH3 is 1. The molecule has 12 heteroatoms. The third-order valence-corrected chi connectivity index (χ3v) is 7.72. The summed E-state index contributed by atoms with van der Waals surface area (Å²) in [5.74, 6) is -1.15. The summed E-state index contributed by atoms with van der Waals surface area (Å²) in [5.41, 5.74) is 5.66. The van der Waals surface area contributed by atoms with Gasteiger partial charge in [-0.15, -0.1) is 0 Å². The highest BCUT2D eigenvalue weighted by Gasteiger charge is 2.44. The number of nitrogens with two attached hydrogens (primary N) is 1. The molecule has 1 saturated heterocycles. The van der Waals surface area contributed by atoms with Crippen molar-refractivity contribution in [2.75, 3.05) is 37.0 Å². The number of nitrogens with zero attached hydrogens (tertiary/aromatic N) is 1. The summed E-state index contributed by atoms with van der Waals surface area (Å²) in [6, 6.07) is 2.74. The van der Waals surface area contributed by atoms with Crippen LogP contribution in [0.1, 0.15) is 6.92 Å². The van der Waals surface area contributed by atoms with Crippen LogP contribution in [-0.4, -0.2) is 76.0 Å². The van der Waals surface area contributed by atoms with E-state index >= 15 is 0 Å². The van der Waals surface area contributed by atoms with Crippen molar-refractivity contribution in [3.8, 4) is 5.75 Å². The average Bonchev–Trinajstić information content (AvgIpc) is 2.84. The van der Waals surface area contributed by atoms with E-state index in [2.05, 4.69) is 5.32 Å². The van der Waals surface area contributed by atoms with Crippen LogP contribution in [0.5, 0.6) is 5.75 Å². The zero-order valence-corrected chi connectivity index (χ0v) is 16.6. The lowest BCUT2D eigenvalue weighted by Gasteiger charge is -2.29. The van der Waals surface area contributed by atoms with Crippen LogP contribution in [0.15, 0.2) is 23.1 Å². The van der Waals surface area contributed by atoms with Crippen molar-refractivity contribution in [3.63, 3.8) is 0 Å². The number of amides is 1. The van der Waals surface area contributed by atoms with Crippen molar-refractivity contribution in [2.45, 2.75) is 24.0 Å². The van der Waals surface area contributed by atoms with Gasteiger partial charge in [0.05, 0.1) is 41.3 Å². The number of sulfonamides is 1. The lowest BCUT2D eigenvalue weighted by molar-refractivity contribution is -0.114. The van der Waals surface area contributed by atoms with Gasteiger partial charge in [0.15, 0.2) is 9.84 Å². The summed E-state index contributed by atoms with van der Waals surface area (Å²) in [4.78, 5) is 11.2. The fourth-order valence-electron chi connectivity index (χ4n) is 2.95. The Labute approximate surface area is 158 Å². The second kappa shape index (κ2) is 8.10. The number of anilines is 1. The van der Waals surface area contributed by atoms with Crippen molar-refractivity contribution < 1.29 is 31.5 Å². The van der Waals surface area contributed by atoms with Gasteiger partial charge in [0.1, 0.15) is 5.75 Å². The molecule has 1 aromatic carbocycles. The molecular weight excluding hydrogens is 398 g/mol. The van der Waals surface area contributed by atoms with E-state index in [1.54, 1.807) is 0 Å². The molecule has 4 N–H and O–H groups in total. The van der Waals surface area contributed by atoms with Gasteiger partial charge in [0.2, 0.25) is 15.9 Å². The third kappa shape index (κ3) is 4.76.